The maximum atomic E-state index is 13.3. The van der Waals surface area contributed by atoms with Crippen LogP contribution >= 0.6 is 11.8 Å². The molecule has 0 atom stereocenters. The zero-order chi connectivity index (χ0) is 19.2. The number of nitrogens with zero attached hydrogens (tertiary/aromatic N) is 3. The van der Waals surface area contributed by atoms with E-state index in [0.29, 0.717) is 18.9 Å². The number of hydrogen-bond acceptors (Lipinski definition) is 4. The fourth-order valence-corrected chi connectivity index (χ4v) is 3.48. The van der Waals surface area contributed by atoms with Crippen LogP contribution in [-0.2, 0) is 18.9 Å². The number of allylic oxidation sites excluding steroid dienone is 1. The molecule has 3 rings (SSSR count). The van der Waals surface area contributed by atoms with Crippen molar-refractivity contribution in [3.63, 3.8) is 0 Å². The average molecular weight is 383 g/mol. The van der Waals surface area contributed by atoms with Crippen LogP contribution in [0.25, 0.3) is 0 Å². The Balaban J connectivity index is 1.70. The minimum atomic E-state index is -0.233. The SMILES string of the molecule is C=CCn1c(COc2ccc(C)c(C)c2)nnc1SCc1cccc(F)c1. The highest BCUT2D eigenvalue weighted by atomic mass is 32.2. The molecule has 0 aliphatic carbocycles. The van der Waals surface area contributed by atoms with E-state index in [1.807, 2.05) is 28.8 Å². The molecule has 1 aromatic heterocycles. The molecule has 0 aliphatic heterocycles. The fourth-order valence-electron chi connectivity index (χ4n) is 2.57. The van der Waals surface area contributed by atoms with E-state index in [2.05, 4.69) is 30.6 Å². The summed E-state index contributed by atoms with van der Waals surface area (Å²) in [5.74, 6) is 1.92. The first-order chi connectivity index (χ1) is 13.1. The zero-order valence-electron chi connectivity index (χ0n) is 15.5. The molecule has 0 radical (unpaired) electrons. The van der Waals surface area contributed by atoms with Crippen molar-refractivity contribution in [1.29, 1.82) is 0 Å². The number of benzene rings is 2. The van der Waals surface area contributed by atoms with E-state index in [9.17, 15) is 4.39 Å². The third kappa shape index (κ3) is 4.98. The predicted molar refractivity (Wildman–Crippen MR) is 106 cm³/mol. The Labute approximate surface area is 163 Å². The smallest absolute Gasteiger partial charge is 0.191 e. The predicted octanol–water partition coefficient (Wildman–Crippen LogP) is 5.09. The number of thioether (sulfide) groups is 1. The van der Waals surface area contributed by atoms with Gasteiger partial charge in [-0.3, -0.25) is 4.57 Å². The van der Waals surface area contributed by atoms with E-state index in [4.69, 9.17) is 4.74 Å². The average Bonchev–Trinajstić information content (AvgIpc) is 3.03. The van der Waals surface area contributed by atoms with Crippen LogP contribution in [0.5, 0.6) is 5.75 Å². The van der Waals surface area contributed by atoms with Crippen LogP contribution in [0.1, 0.15) is 22.5 Å². The van der Waals surface area contributed by atoms with Crippen LogP contribution in [0.15, 0.2) is 60.3 Å². The summed E-state index contributed by atoms with van der Waals surface area (Å²) in [6.07, 6.45) is 1.80. The van der Waals surface area contributed by atoms with Crippen LogP contribution < -0.4 is 4.74 Å². The first kappa shape index (κ1) is 19.2. The lowest BCUT2D eigenvalue weighted by atomic mass is 10.1. The summed E-state index contributed by atoms with van der Waals surface area (Å²) in [7, 11) is 0. The van der Waals surface area contributed by atoms with E-state index >= 15 is 0 Å². The Kier molecular flexibility index (Phi) is 6.29. The van der Waals surface area contributed by atoms with Gasteiger partial charge >= 0.3 is 0 Å². The van der Waals surface area contributed by atoms with Crippen molar-refractivity contribution >= 4 is 11.8 Å². The lowest BCUT2D eigenvalue weighted by Gasteiger charge is -2.10. The van der Waals surface area contributed by atoms with Crippen LogP contribution in [-0.4, -0.2) is 14.8 Å². The summed E-state index contributed by atoms with van der Waals surface area (Å²) in [4.78, 5) is 0. The first-order valence-electron chi connectivity index (χ1n) is 8.67. The zero-order valence-corrected chi connectivity index (χ0v) is 16.3. The molecule has 0 spiro atoms. The molecular weight excluding hydrogens is 361 g/mol. The van der Waals surface area contributed by atoms with Crippen LogP contribution in [0.3, 0.4) is 0 Å². The maximum Gasteiger partial charge on any atom is 0.191 e. The number of hydrogen-bond donors (Lipinski definition) is 0. The third-order valence-electron chi connectivity index (χ3n) is 4.21. The van der Waals surface area contributed by atoms with Gasteiger partial charge in [0.25, 0.3) is 0 Å². The van der Waals surface area contributed by atoms with Gasteiger partial charge in [0.05, 0.1) is 0 Å². The molecule has 0 saturated carbocycles. The molecule has 0 aliphatic rings. The molecule has 140 valence electrons. The van der Waals surface area contributed by atoms with Gasteiger partial charge in [0.15, 0.2) is 11.0 Å². The topological polar surface area (TPSA) is 39.9 Å². The Morgan fingerprint density at radius 3 is 2.74 bits per heavy atom. The Hall–Kier alpha value is -2.60. The van der Waals surface area contributed by atoms with Crippen molar-refractivity contribution in [3.05, 3.63) is 83.5 Å². The highest BCUT2D eigenvalue weighted by Gasteiger charge is 2.13. The van der Waals surface area contributed by atoms with Gasteiger partial charge in [-0.05, 0) is 54.8 Å². The van der Waals surface area contributed by atoms with E-state index in [1.165, 1.54) is 35.0 Å². The van der Waals surface area contributed by atoms with Gasteiger partial charge in [-0.15, -0.1) is 16.8 Å². The maximum absolute atomic E-state index is 13.3. The molecule has 2 aromatic carbocycles. The third-order valence-corrected chi connectivity index (χ3v) is 5.25. The summed E-state index contributed by atoms with van der Waals surface area (Å²) in [5, 5.41) is 9.30. The normalized spacial score (nSPS) is 10.8. The van der Waals surface area contributed by atoms with E-state index in [-0.39, 0.29) is 5.82 Å². The highest BCUT2D eigenvalue weighted by Crippen LogP contribution is 2.23. The molecule has 1 heterocycles. The van der Waals surface area contributed by atoms with E-state index in [1.54, 1.807) is 12.1 Å². The van der Waals surface area contributed by atoms with Gasteiger partial charge in [-0.2, -0.15) is 0 Å². The molecule has 0 bridgehead atoms. The molecule has 0 fully saturated rings. The largest absolute Gasteiger partial charge is 0.486 e. The van der Waals surface area contributed by atoms with Crippen molar-refractivity contribution in [2.75, 3.05) is 0 Å². The standard InChI is InChI=1S/C21H22FN3OS/c1-4-10-25-20(13-26-19-9-8-15(2)16(3)11-19)23-24-21(25)27-14-17-6-5-7-18(22)12-17/h4-9,11-12H,1,10,13-14H2,2-3H3. The molecule has 0 saturated heterocycles. The van der Waals surface area contributed by atoms with E-state index in [0.717, 1.165) is 22.3 Å². The molecule has 0 amide bonds. The summed E-state index contributed by atoms with van der Waals surface area (Å²) >= 11 is 1.52. The van der Waals surface area contributed by atoms with Gasteiger partial charge in [0, 0.05) is 12.3 Å². The number of aryl methyl sites for hydroxylation is 2. The minimum absolute atomic E-state index is 0.233. The van der Waals surface area contributed by atoms with Crippen molar-refractivity contribution in [1.82, 2.24) is 14.8 Å². The summed E-state index contributed by atoms with van der Waals surface area (Å²) in [6.45, 7) is 8.85. The second kappa shape index (κ2) is 8.86. The molecule has 4 nitrogen and oxygen atoms in total. The summed E-state index contributed by atoms with van der Waals surface area (Å²) < 4.78 is 21.2. The van der Waals surface area contributed by atoms with Gasteiger partial charge in [0.2, 0.25) is 0 Å². The molecule has 3 aromatic rings. The molecular formula is C21H22FN3OS. The molecule has 6 heteroatoms. The van der Waals surface area contributed by atoms with Crippen LogP contribution in [0.4, 0.5) is 4.39 Å². The Morgan fingerprint density at radius 1 is 1.15 bits per heavy atom. The monoisotopic (exact) mass is 383 g/mol. The van der Waals surface area contributed by atoms with Crippen LogP contribution in [0.2, 0.25) is 0 Å². The van der Waals surface area contributed by atoms with Gasteiger partial charge in [-0.1, -0.05) is 36.0 Å². The number of rotatable bonds is 8. The molecule has 0 unspecified atom stereocenters. The van der Waals surface area contributed by atoms with Gasteiger partial charge < -0.3 is 4.74 Å². The first-order valence-corrected chi connectivity index (χ1v) is 9.65. The lowest BCUT2D eigenvalue weighted by Crippen LogP contribution is -2.07. The summed E-state index contributed by atoms with van der Waals surface area (Å²) in [5.41, 5.74) is 3.32. The quantitative estimate of drug-likeness (QED) is 0.401. The summed E-state index contributed by atoms with van der Waals surface area (Å²) in [6, 6.07) is 12.6. The number of ether oxygens (including phenoxy) is 1. The fraction of sp³-hybridized carbons (Fsp3) is 0.238. The second-order valence-electron chi connectivity index (χ2n) is 6.25. The van der Waals surface area contributed by atoms with Gasteiger partial charge in [-0.25, -0.2) is 4.39 Å². The van der Waals surface area contributed by atoms with E-state index < -0.39 is 0 Å². The Morgan fingerprint density at radius 2 is 2.00 bits per heavy atom. The van der Waals surface area contributed by atoms with Gasteiger partial charge in [0.1, 0.15) is 18.2 Å². The Bertz CT molecular complexity index is 939. The van der Waals surface area contributed by atoms with Crippen molar-refractivity contribution in [2.45, 2.75) is 37.9 Å². The number of aromatic nitrogens is 3. The molecule has 27 heavy (non-hydrogen) atoms. The number of halogens is 1. The van der Waals surface area contributed by atoms with Crippen LogP contribution in [0, 0.1) is 19.7 Å². The van der Waals surface area contributed by atoms with Crippen molar-refractivity contribution in [3.8, 4) is 5.75 Å². The minimum Gasteiger partial charge on any atom is -0.486 e. The van der Waals surface area contributed by atoms with Crippen molar-refractivity contribution < 1.29 is 9.13 Å². The van der Waals surface area contributed by atoms with Crippen molar-refractivity contribution in [2.24, 2.45) is 0 Å². The highest BCUT2D eigenvalue weighted by molar-refractivity contribution is 7.98. The molecule has 0 N–H and O–H groups in total. The lowest BCUT2D eigenvalue weighted by molar-refractivity contribution is 0.289. The second-order valence-corrected chi connectivity index (χ2v) is 7.19.